The molecule has 1 aliphatic rings. The molecule has 1 N–H and O–H groups in total. The molecule has 1 atom stereocenters. The van der Waals surface area contributed by atoms with Crippen LogP contribution < -0.4 is 5.32 Å². The summed E-state index contributed by atoms with van der Waals surface area (Å²) in [6.07, 6.45) is 1.72. The molecule has 0 saturated carbocycles. The predicted molar refractivity (Wildman–Crippen MR) is 89.8 cm³/mol. The van der Waals surface area contributed by atoms with Gasteiger partial charge in [0.25, 0.3) is 5.91 Å². The zero-order valence-electron chi connectivity index (χ0n) is 12.5. The number of fused-ring (bicyclic) bond motifs is 1. The number of amides is 1. The standard InChI is InChI=1S/C15H15N5OS2/c1-9-18-19-13-5-4-10(7-20(9)13)16-14(21)11-8-23-15(17-11)12-3-2-6-22-12/h2-3,6,8,10H,4-5,7H2,1H3,(H,16,21)/t10-/m1/s1. The number of nitrogens with one attached hydrogen (secondary N) is 1. The molecule has 118 valence electrons. The third-order valence-electron chi connectivity index (χ3n) is 3.94. The van der Waals surface area contributed by atoms with E-state index in [4.69, 9.17) is 0 Å². The summed E-state index contributed by atoms with van der Waals surface area (Å²) in [5.74, 6) is 1.79. The molecular weight excluding hydrogens is 330 g/mol. The average molecular weight is 345 g/mol. The number of hydrogen-bond donors (Lipinski definition) is 1. The molecule has 4 heterocycles. The molecule has 6 nitrogen and oxygen atoms in total. The second-order valence-electron chi connectivity index (χ2n) is 5.50. The van der Waals surface area contributed by atoms with Crippen molar-refractivity contribution in [2.24, 2.45) is 0 Å². The molecule has 0 saturated heterocycles. The number of carbonyl (C=O) groups excluding carboxylic acids is 1. The Kier molecular flexibility index (Phi) is 3.70. The summed E-state index contributed by atoms with van der Waals surface area (Å²) in [5.41, 5.74) is 0.490. The van der Waals surface area contributed by atoms with Crippen molar-refractivity contribution in [2.75, 3.05) is 0 Å². The Bertz CT molecular complexity index is 836. The van der Waals surface area contributed by atoms with Gasteiger partial charge in [-0.1, -0.05) is 6.07 Å². The van der Waals surface area contributed by atoms with Gasteiger partial charge in [-0.2, -0.15) is 0 Å². The molecular formula is C15H15N5OS2. The minimum atomic E-state index is -0.108. The number of nitrogens with zero attached hydrogens (tertiary/aromatic N) is 4. The van der Waals surface area contributed by atoms with Crippen molar-refractivity contribution >= 4 is 28.6 Å². The Morgan fingerprint density at radius 3 is 3.13 bits per heavy atom. The summed E-state index contributed by atoms with van der Waals surface area (Å²) in [7, 11) is 0. The lowest BCUT2D eigenvalue weighted by Crippen LogP contribution is -2.41. The van der Waals surface area contributed by atoms with Gasteiger partial charge in [0.15, 0.2) is 0 Å². The molecule has 0 radical (unpaired) electrons. The van der Waals surface area contributed by atoms with E-state index >= 15 is 0 Å². The van der Waals surface area contributed by atoms with Gasteiger partial charge in [0.1, 0.15) is 22.4 Å². The van der Waals surface area contributed by atoms with Crippen LogP contribution in [0.1, 0.15) is 28.6 Å². The summed E-state index contributed by atoms with van der Waals surface area (Å²) >= 11 is 3.13. The first-order chi connectivity index (χ1) is 11.2. The number of thiazole rings is 1. The fourth-order valence-electron chi connectivity index (χ4n) is 2.73. The number of thiophene rings is 1. The van der Waals surface area contributed by atoms with Crippen LogP contribution in [0.25, 0.3) is 9.88 Å². The van der Waals surface area contributed by atoms with Crippen molar-refractivity contribution in [3.63, 3.8) is 0 Å². The SMILES string of the molecule is Cc1nnc2n1C[C@H](NC(=O)c1csc(-c3cccs3)n1)CC2. The third kappa shape index (κ3) is 2.79. The first-order valence-electron chi connectivity index (χ1n) is 7.39. The van der Waals surface area contributed by atoms with Gasteiger partial charge in [-0.25, -0.2) is 4.98 Å². The molecule has 0 aliphatic carbocycles. The highest BCUT2D eigenvalue weighted by molar-refractivity contribution is 7.20. The predicted octanol–water partition coefficient (Wildman–Crippen LogP) is 2.52. The number of rotatable bonds is 3. The third-order valence-corrected chi connectivity index (χ3v) is 5.82. The van der Waals surface area contributed by atoms with E-state index < -0.39 is 0 Å². The average Bonchev–Trinajstić information content (AvgIpc) is 3.27. The summed E-state index contributed by atoms with van der Waals surface area (Å²) in [6.45, 7) is 2.66. The Hall–Kier alpha value is -2.06. The minimum Gasteiger partial charge on any atom is -0.346 e. The second kappa shape index (κ2) is 5.86. The zero-order valence-corrected chi connectivity index (χ0v) is 14.2. The Labute approximate surface area is 141 Å². The van der Waals surface area contributed by atoms with Gasteiger partial charge < -0.3 is 9.88 Å². The smallest absolute Gasteiger partial charge is 0.271 e. The van der Waals surface area contributed by atoms with Crippen molar-refractivity contribution in [1.82, 2.24) is 25.1 Å². The van der Waals surface area contributed by atoms with Crippen LogP contribution in [0.3, 0.4) is 0 Å². The highest BCUT2D eigenvalue weighted by atomic mass is 32.1. The molecule has 4 rings (SSSR count). The van der Waals surface area contributed by atoms with Crippen LogP contribution in [-0.4, -0.2) is 31.7 Å². The molecule has 23 heavy (non-hydrogen) atoms. The van der Waals surface area contributed by atoms with E-state index in [1.165, 1.54) is 11.3 Å². The topological polar surface area (TPSA) is 72.7 Å². The lowest BCUT2D eigenvalue weighted by molar-refractivity contribution is 0.0923. The first-order valence-corrected chi connectivity index (χ1v) is 9.15. The van der Waals surface area contributed by atoms with Crippen LogP contribution in [0.15, 0.2) is 22.9 Å². The van der Waals surface area contributed by atoms with Crippen LogP contribution >= 0.6 is 22.7 Å². The van der Waals surface area contributed by atoms with E-state index in [9.17, 15) is 4.79 Å². The number of aryl methyl sites for hydroxylation is 2. The molecule has 0 spiro atoms. The van der Waals surface area contributed by atoms with Gasteiger partial charge in [0, 0.05) is 24.4 Å². The summed E-state index contributed by atoms with van der Waals surface area (Å²) in [5, 5.41) is 16.1. The van der Waals surface area contributed by atoms with Crippen LogP contribution in [-0.2, 0) is 13.0 Å². The fourth-order valence-corrected chi connectivity index (χ4v) is 4.35. The first kappa shape index (κ1) is 14.5. The van der Waals surface area contributed by atoms with E-state index in [0.717, 1.165) is 40.9 Å². The van der Waals surface area contributed by atoms with Crippen molar-refractivity contribution in [3.05, 3.63) is 40.2 Å². The van der Waals surface area contributed by atoms with Gasteiger partial charge in [-0.15, -0.1) is 32.9 Å². The van der Waals surface area contributed by atoms with E-state index in [0.29, 0.717) is 5.69 Å². The van der Waals surface area contributed by atoms with Crippen LogP contribution in [0.4, 0.5) is 0 Å². The lowest BCUT2D eigenvalue weighted by atomic mass is 10.1. The summed E-state index contributed by atoms with van der Waals surface area (Å²) in [4.78, 5) is 18.0. The van der Waals surface area contributed by atoms with Crippen LogP contribution in [0, 0.1) is 6.92 Å². The monoisotopic (exact) mass is 345 g/mol. The lowest BCUT2D eigenvalue weighted by Gasteiger charge is -2.24. The molecule has 1 amide bonds. The largest absolute Gasteiger partial charge is 0.346 e. The molecule has 3 aromatic rings. The van der Waals surface area contributed by atoms with E-state index in [-0.39, 0.29) is 11.9 Å². The van der Waals surface area contributed by atoms with Gasteiger partial charge in [-0.3, -0.25) is 4.79 Å². The summed E-state index contributed by atoms with van der Waals surface area (Å²) < 4.78 is 2.08. The Balaban J connectivity index is 1.46. The molecule has 8 heteroatoms. The maximum atomic E-state index is 12.4. The Morgan fingerprint density at radius 2 is 2.30 bits per heavy atom. The van der Waals surface area contributed by atoms with E-state index in [2.05, 4.69) is 25.1 Å². The maximum Gasteiger partial charge on any atom is 0.271 e. The minimum absolute atomic E-state index is 0.0941. The number of carbonyl (C=O) groups is 1. The molecule has 0 unspecified atom stereocenters. The van der Waals surface area contributed by atoms with Crippen LogP contribution in [0.5, 0.6) is 0 Å². The molecule has 3 aromatic heterocycles. The van der Waals surface area contributed by atoms with E-state index in [1.807, 2.05) is 29.8 Å². The molecule has 0 aromatic carbocycles. The number of aromatic nitrogens is 4. The normalized spacial score (nSPS) is 17.0. The molecule has 0 fully saturated rings. The van der Waals surface area contributed by atoms with Crippen molar-refractivity contribution in [3.8, 4) is 9.88 Å². The zero-order chi connectivity index (χ0) is 15.8. The fraction of sp³-hybridized carbons (Fsp3) is 0.333. The van der Waals surface area contributed by atoms with Gasteiger partial charge >= 0.3 is 0 Å². The second-order valence-corrected chi connectivity index (χ2v) is 7.30. The van der Waals surface area contributed by atoms with Crippen molar-refractivity contribution in [2.45, 2.75) is 32.4 Å². The quantitative estimate of drug-likeness (QED) is 0.792. The number of hydrogen-bond acceptors (Lipinski definition) is 6. The van der Waals surface area contributed by atoms with Crippen LogP contribution in [0.2, 0.25) is 0 Å². The highest BCUT2D eigenvalue weighted by Gasteiger charge is 2.24. The molecule has 1 aliphatic heterocycles. The van der Waals surface area contributed by atoms with Gasteiger partial charge in [0.2, 0.25) is 0 Å². The van der Waals surface area contributed by atoms with Gasteiger partial charge in [-0.05, 0) is 24.8 Å². The van der Waals surface area contributed by atoms with E-state index in [1.54, 1.807) is 11.3 Å². The van der Waals surface area contributed by atoms with Gasteiger partial charge in [0.05, 0.1) is 4.88 Å². The maximum absolute atomic E-state index is 12.4. The molecule has 0 bridgehead atoms. The summed E-state index contributed by atoms with van der Waals surface area (Å²) in [6, 6.07) is 4.10. The highest BCUT2D eigenvalue weighted by Crippen LogP contribution is 2.27. The Morgan fingerprint density at radius 1 is 1.39 bits per heavy atom. The van der Waals surface area contributed by atoms with Crippen molar-refractivity contribution in [1.29, 1.82) is 0 Å². The van der Waals surface area contributed by atoms with Crippen molar-refractivity contribution < 1.29 is 4.79 Å².